The lowest BCUT2D eigenvalue weighted by atomic mass is 10.1. The molecule has 1 aliphatic heterocycles. The van der Waals surface area contributed by atoms with Gasteiger partial charge in [0.1, 0.15) is 11.1 Å². The van der Waals surface area contributed by atoms with Crippen molar-refractivity contribution in [1.82, 2.24) is 9.88 Å². The number of nitrogens with zero attached hydrogens (tertiary/aromatic N) is 2. The summed E-state index contributed by atoms with van der Waals surface area (Å²) in [6.45, 7) is 6.31. The summed E-state index contributed by atoms with van der Waals surface area (Å²) in [7, 11) is 0. The highest BCUT2D eigenvalue weighted by Crippen LogP contribution is 2.29. The van der Waals surface area contributed by atoms with Gasteiger partial charge in [-0.3, -0.25) is 4.90 Å². The normalized spacial score (nSPS) is 26.8. The molecule has 0 radical (unpaired) electrons. The zero-order valence-corrected chi connectivity index (χ0v) is 11.9. The molecule has 0 aromatic carbocycles. The van der Waals surface area contributed by atoms with Crippen molar-refractivity contribution >= 4 is 11.3 Å². The van der Waals surface area contributed by atoms with E-state index in [4.69, 9.17) is 4.74 Å². The average molecular weight is 266 g/mol. The van der Waals surface area contributed by atoms with Gasteiger partial charge in [-0.1, -0.05) is 12.8 Å². The van der Waals surface area contributed by atoms with Crippen LogP contribution in [0.15, 0.2) is 5.38 Å². The highest BCUT2D eigenvalue weighted by molar-refractivity contribution is 7.09. The second-order valence-electron chi connectivity index (χ2n) is 5.60. The predicted molar refractivity (Wildman–Crippen MR) is 73.9 cm³/mol. The Bertz CT molecular complexity index is 387. The van der Waals surface area contributed by atoms with Crippen LogP contribution in [0, 0.1) is 12.8 Å². The Morgan fingerprint density at radius 2 is 2.28 bits per heavy atom. The molecule has 1 saturated heterocycles. The Kier molecular flexibility index (Phi) is 3.97. The van der Waals surface area contributed by atoms with Crippen molar-refractivity contribution in [3.05, 3.63) is 16.1 Å². The lowest BCUT2D eigenvalue weighted by Gasteiger charge is -2.33. The fourth-order valence-electron chi connectivity index (χ4n) is 3.10. The Balaban J connectivity index is 1.57. The first-order valence-electron chi connectivity index (χ1n) is 7.07. The maximum atomic E-state index is 5.88. The maximum absolute atomic E-state index is 5.88. The largest absolute Gasteiger partial charge is 0.368 e. The number of thiazole rings is 1. The Morgan fingerprint density at radius 1 is 1.44 bits per heavy atom. The van der Waals surface area contributed by atoms with E-state index < -0.39 is 0 Å². The van der Waals surface area contributed by atoms with Crippen molar-refractivity contribution in [3.63, 3.8) is 0 Å². The second kappa shape index (κ2) is 5.68. The van der Waals surface area contributed by atoms with Crippen LogP contribution in [0.5, 0.6) is 0 Å². The standard InChI is InChI=1S/C14H22N2OS/c1-11-10-18-14(15-11)13-9-16(6-7-17-13)8-12-4-2-3-5-12/h10,12-13H,2-9H2,1H3. The minimum absolute atomic E-state index is 0.207. The van der Waals surface area contributed by atoms with Crippen LogP contribution in [0.25, 0.3) is 0 Å². The summed E-state index contributed by atoms with van der Waals surface area (Å²) in [6.07, 6.45) is 5.93. The highest BCUT2D eigenvalue weighted by Gasteiger charge is 2.26. The van der Waals surface area contributed by atoms with Crippen LogP contribution in [0.2, 0.25) is 0 Å². The third-order valence-corrected chi connectivity index (χ3v) is 5.11. The number of ether oxygens (including phenoxy) is 1. The summed E-state index contributed by atoms with van der Waals surface area (Å²) >= 11 is 1.74. The third kappa shape index (κ3) is 2.92. The molecule has 0 N–H and O–H groups in total. The van der Waals surface area contributed by atoms with Gasteiger partial charge in [0.15, 0.2) is 0 Å². The van der Waals surface area contributed by atoms with Crippen molar-refractivity contribution < 1.29 is 4.74 Å². The molecule has 1 aliphatic carbocycles. The van der Waals surface area contributed by atoms with Crippen LogP contribution in [0.1, 0.15) is 42.5 Å². The van der Waals surface area contributed by atoms with Crippen LogP contribution < -0.4 is 0 Å². The van der Waals surface area contributed by atoms with Gasteiger partial charge >= 0.3 is 0 Å². The van der Waals surface area contributed by atoms with E-state index in [2.05, 4.69) is 22.2 Å². The number of hydrogen-bond acceptors (Lipinski definition) is 4. The van der Waals surface area contributed by atoms with E-state index in [0.717, 1.165) is 36.3 Å². The minimum Gasteiger partial charge on any atom is -0.368 e. The van der Waals surface area contributed by atoms with Crippen molar-refractivity contribution in [1.29, 1.82) is 0 Å². The van der Waals surface area contributed by atoms with Crippen LogP contribution in [-0.2, 0) is 4.74 Å². The highest BCUT2D eigenvalue weighted by atomic mass is 32.1. The van der Waals surface area contributed by atoms with Crippen LogP contribution in [-0.4, -0.2) is 36.1 Å². The molecule has 1 saturated carbocycles. The van der Waals surface area contributed by atoms with E-state index in [1.807, 2.05) is 0 Å². The Labute approximate surface area is 113 Å². The van der Waals surface area contributed by atoms with E-state index >= 15 is 0 Å². The van der Waals surface area contributed by atoms with Gasteiger partial charge in [-0.2, -0.15) is 0 Å². The molecule has 3 rings (SSSR count). The van der Waals surface area contributed by atoms with E-state index in [-0.39, 0.29) is 6.10 Å². The molecule has 0 bridgehead atoms. The Morgan fingerprint density at radius 3 is 3.00 bits per heavy atom. The van der Waals surface area contributed by atoms with Gasteiger partial charge in [-0.15, -0.1) is 11.3 Å². The maximum Gasteiger partial charge on any atom is 0.123 e. The monoisotopic (exact) mass is 266 g/mol. The summed E-state index contributed by atoms with van der Waals surface area (Å²) in [6, 6.07) is 0. The lowest BCUT2D eigenvalue weighted by Crippen LogP contribution is -2.40. The quantitative estimate of drug-likeness (QED) is 0.841. The van der Waals surface area contributed by atoms with Crippen LogP contribution >= 0.6 is 11.3 Å². The molecule has 1 aromatic heterocycles. The van der Waals surface area contributed by atoms with Gasteiger partial charge in [0.25, 0.3) is 0 Å². The summed E-state index contributed by atoms with van der Waals surface area (Å²) in [4.78, 5) is 7.15. The number of rotatable bonds is 3. The first-order chi connectivity index (χ1) is 8.81. The predicted octanol–water partition coefficient (Wildman–Crippen LogP) is 3.02. The molecule has 2 aliphatic rings. The third-order valence-electron chi connectivity index (χ3n) is 4.05. The summed E-state index contributed by atoms with van der Waals surface area (Å²) in [5, 5.41) is 3.28. The van der Waals surface area contributed by atoms with Gasteiger partial charge in [-0.05, 0) is 25.7 Å². The van der Waals surface area contributed by atoms with E-state index in [1.54, 1.807) is 11.3 Å². The molecule has 1 aromatic rings. The smallest absolute Gasteiger partial charge is 0.123 e. The van der Waals surface area contributed by atoms with Gasteiger partial charge in [-0.25, -0.2) is 4.98 Å². The zero-order chi connectivity index (χ0) is 12.4. The van der Waals surface area contributed by atoms with Gasteiger partial charge in [0, 0.05) is 30.7 Å². The summed E-state index contributed by atoms with van der Waals surface area (Å²) in [5.74, 6) is 0.932. The van der Waals surface area contributed by atoms with E-state index in [0.29, 0.717) is 0 Å². The SMILES string of the molecule is Cc1csc(C2CN(CC3CCCC3)CCO2)n1. The van der Waals surface area contributed by atoms with Gasteiger partial charge in [0.05, 0.1) is 6.61 Å². The molecule has 0 amide bonds. The summed E-state index contributed by atoms with van der Waals surface area (Å²) < 4.78 is 5.88. The topological polar surface area (TPSA) is 25.4 Å². The molecule has 1 atom stereocenters. The molecule has 18 heavy (non-hydrogen) atoms. The van der Waals surface area contributed by atoms with E-state index in [9.17, 15) is 0 Å². The molecule has 4 heteroatoms. The van der Waals surface area contributed by atoms with Gasteiger partial charge in [0.2, 0.25) is 0 Å². The fraction of sp³-hybridized carbons (Fsp3) is 0.786. The minimum atomic E-state index is 0.207. The molecule has 2 heterocycles. The molecule has 0 spiro atoms. The first kappa shape index (κ1) is 12.6. The van der Waals surface area contributed by atoms with Crippen molar-refractivity contribution in [2.45, 2.75) is 38.7 Å². The van der Waals surface area contributed by atoms with Crippen molar-refractivity contribution in [2.75, 3.05) is 26.2 Å². The first-order valence-corrected chi connectivity index (χ1v) is 7.95. The average Bonchev–Trinajstić information content (AvgIpc) is 3.01. The van der Waals surface area contributed by atoms with Gasteiger partial charge < -0.3 is 4.74 Å². The molecular formula is C14H22N2OS. The summed E-state index contributed by atoms with van der Waals surface area (Å²) in [5.41, 5.74) is 1.12. The van der Waals surface area contributed by atoms with E-state index in [1.165, 1.54) is 32.2 Å². The lowest BCUT2D eigenvalue weighted by molar-refractivity contribution is -0.0343. The number of hydrogen-bond donors (Lipinski definition) is 0. The molecular weight excluding hydrogens is 244 g/mol. The molecule has 3 nitrogen and oxygen atoms in total. The molecule has 100 valence electrons. The van der Waals surface area contributed by atoms with Crippen LogP contribution in [0.4, 0.5) is 0 Å². The second-order valence-corrected chi connectivity index (χ2v) is 6.49. The fourth-order valence-corrected chi connectivity index (χ4v) is 3.93. The number of aryl methyl sites for hydroxylation is 1. The Hall–Kier alpha value is -0.450. The number of aromatic nitrogens is 1. The van der Waals surface area contributed by atoms with Crippen molar-refractivity contribution in [3.8, 4) is 0 Å². The molecule has 1 unspecified atom stereocenters. The zero-order valence-electron chi connectivity index (χ0n) is 11.1. The number of morpholine rings is 1. The molecule has 2 fully saturated rings. The van der Waals surface area contributed by atoms with Crippen LogP contribution in [0.3, 0.4) is 0 Å². The van der Waals surface area contributed by atoms with Crippen molar-refractivity contribution in [2.24, 2.45) is 5.92 Å².